The summed E-state index contributed by atoms with van der Waals surface area (Å²) < 4.78 is 5.48. The lowest BCUT2D eigenvalue weighted by Gasteiger charge is -2.31. The van der Waals surface area contributed by atoms with Crippen molar-refractivity contribution in [3.05, 3.63) is 111 Å². The fourth-order valence-electron chi connectivity index (χ4n) is 4.05. The van der Waals surface area contributed by atoms with E-state index < -0.39 is 5.54 Å². The lowest BCUT2D eigenvalue weighted by Crippen LogP contribution is -2.37. The molecule has 1 aliphatic rings. The van der Waals surface area contributed by atoms with Gasteiger partial charge in [0.15, 0.2) is 0 Å². The van der Waals surface area contributed by atoms with E-state index >= 15 is 0 Å². The van der Waals surface area contributed by atoms with Gasteiger partial charge in [-0.25, -0.2) is 0 Å². The number of nitrogens with two attached hydrogens (primary N) is 1. The minimum atomic E-state index is -0.930. The van der Waals surface area contributed by atoms with E-state index in [-0.39, 0.29) is 10.6 Å². The van der Waals surface area contributed by atoms with Crippen LogP contribution in [0.4, 0.5) is 5.69 Å². The van der Waals surface area contributed by atoms with Crippen molar-refractivity contribution >= 4 is 16.8 Å². The second-order valence-electron chi connectivity index (χ2n) is 6.81. The van der Waals surface area contributed by atoms with Crippen LogP contribution in [0.1, 0.15) is 22.3 Å². The molecule has 3 aromatic rings. The van der Waals surface area contributed by atoms with E-state index in [0.717, 1.165) is 33.4 Å². The number of nitro groups is 1. The molecule has 0 amide bonds. The summed E-state index contributed by atoms with van der Waals surface area (Å²) in [6.45, 7) is 0.310. The van der Waals surface area contributed by atoms with Gasteiger partial charge in [-0.3, -0.25) is 10.1 Å². The molecule has 0 saturated heterocycles. The summed E-state index contributed by atoms with van der Waals surface area (Å²) in [7, 11) is 1.62. The Kier molecular flexibility index (Phi) is 4.55. The fourth-order valence-corrected chi connectivity index (χ4v) is 4.05. The van der Waals surface area contributed by atoms with Crippen LogP contribution < -0.4 is 5.73 Å². The first-order valence-electron chi connectivity index (χ1n) is 8.99. The average molecular weight is 372 g/mol. The molecule has 0 fully saturated rings. The molecule has 5 heteroatoms. The van der Waals surface area contributed by atoms with Crippen molar-refractivity contribution in [2.45, 2.75) is 5.54 Å². The molecule has 0 saturated carbocycles. The third-order valence-corrected chi connectivity index (χ3v) is 5.24. The van der Waals surface area contributed by atoms with Crippen molar-refractivity contribution in [3.8, 4) is 0 Å². The van der Waals surface area contributed by atoms with Crippen LogP contribution in [0, 0.1) is 10.1 Å². The fraction of sp³-hybridized carbons (Fsp3) is 0.130. The van der Waals surface area contributed by atoms with Crippen LogP contribution in [0.3, 0.4) is 0 Å². The summed E-state index contributed by atoms with van der Waals surface area (Å²) >= 11 is 0. The van der Waals surface area contributed by atoms with Crippen LogP contribution >= 0.6 is 0 Å². The Labute approximate surface area is 163 Å². The maximum absolute atomic E-state index is 11.4. The number of hydrogen-bond donors (Lipinski definition) is 1. The number of ether oxygens (including phenoxy) is 1. The average Bonchev–Trinajstić information content (AvgIpc) is 2.98. The van der Waals surface area contributed by atoms with E-state index in [0.29, 0.717) is 6.61 Å². The predicted molar refractivity (Wildman–Crippen MR) is 110 cm³/mol. The molecule has 140 valence electrons. The van der Waals surface area contributed by atoms with Gasteiger partial charge in [0.2, 0.25) is 0 Å². The summed E-state index contributed by atoms with van der Waals surface area (Å²) in [5.74, 6) is 0. The van der Waals surface area contributed by atoms with Crippen molar-refractivity contribution in [1.82, 2.24) is 0 Å². The standard InChI is InChI=1S/C23H20N2O3/c1-28-15-20-19-14-18(25(26)27)12-13-21(19)23(24,17-10-6-3-7-11-17)22(20)16-8-4-2-5-9-16/h2-14H,15,24H2,1H3/t23-/m1/s1. The third-order valence-electron chi connectivity index (χ3n) is 5.24. The molecule has 0 spiro atoms. The van der Waals surface area contributed by atoms with Crippen molar-refractivity contribution in [2.24, 2.45) is 5.73 Å². The number of nitro benzene ring substituents is 1. The molecule has 1 aliphatic carbocycles. The second-order valence-corrected chi connectivity index (χ2v) is 6.81. The number of hydrogen-bond acceptors (Lipinski definition) is 4. The highest BCUT2D eigenvalue weighted by atomic mass is 16.6. The molecular weight excluding hydrogens is 352 g/mol. The number of benzene rings is 3. The quantitative estimate of drug-likeness (QED) is 0.533. The molecule has 0 bridgehead atoms. The number of methoxy groups -OCH3 is 1. The molecule has 4 rings (SSSR count). The molecule has 3 aromatic carbocycles. The van der Waals surface area contributed by atoms with Crippen LogP contribution in [-0.2, 0) is 10.3 Å². The summed E-state index contributed by atoms with van der Waals surface area (Å²) in [5, 5.41) is 11.4. The Morgan fingerprint density at radius 2 is 1.64 bits per heavy atom. The van der Waals surface area contributed by atoms with E-state index in [1.807, 2.05) is 60.7 Å². The zero-order valence-corrected chi connectivity index (χ0v) is 15.5. The van der Waals surface area contributed by atoms with Gasteiger partial charge >= 0.3 is 0 Å². The highest BCUT2D eigenvalue weighted by Gasteiger charge is 2.44. The first-order valence-corrected chi connectivity index (χ1v) is 8.99. The molecule has 28 heavy (non-hydrogen) atoms. The van der Waals surface area contributed by atoms with Gasteiger partial charge in [-0.2, -0.15) is 0 Å². The van der Waals surface area contributed by atoms with Crippen molar-refractivity contribution < 1.29 is 9.66 Å². The highest BCUT2D eigenvalue weighted by molar-refractivity contribution is 6.04. The minimum absolute atomic E-state index is 0.0390. The van der Waals surface area contributed by atoms with Gasteiger partial charge in [-0.1, -0.05) is 60.7 Å². The highest BCUT2D eigenvalue weighted by Crippen LogP contribution is 2.52. The molecule has 0 aromatic heterocycles. The SMILES string of the molecule is COCC1=C(c2ccccc2)[C@@](N)(c2ccccc2)c2ccc([N+](=O)[O-])cc21. The minimum Gasteiger partial charge on any atom is -0.380 e. The van der Waals surface area contributed by atoms with E-state index in [4.69, 9.17) is 10.5 Å². The molecule has 5 nitrogen and oxygen atoms in total. The Morgan fingerprint density at radius 3 is 2.25 bits per heavy atom. The molecule has 0 aliphatic heterocycles. The monoisotopic (exact) mass is 372 g/mol. The molecular formula is C23H20N2O3. The Hall–Kier alpha value is -3.28. The van der Waals surface area contributed by atoms with Crippen LogP contribution in [0.15, 0.2) is 78.9 Å². The Morgan fingerprint density at radius 1 is 1.00 bits per heavy atom. The second kappa shape index (κ2) is 7.03. The predicted octanol–water partition coefficient (Wildman–Crippen LogP) is 4.37. The molecule has 2 N–H and O–H groups in total. The number of rotatable bonds is 5. The van der Waals surface area contributed by atoms with Crippen LogP contribution in [-0.4, -0.2) is 18.6 Å². The summed E-state index contributed by atoms with van der Waals surface area (Å²) in [5.41, 5.74) is 11.5. The van der Waals surface area contributed by atoms with E-state index in [1.165, 1.54) is 6.07 Å². The summed E-state index contributed by atoms with van der Waals surface area (Å²) in [6, 6.07) is 24.6. The lowest BCUT2D eigenvalue weighted by molar-refractivity contribution is -0.384. The van der Waals surface area contributed by atoms with Crippen LogP contribution in [0.25, 0.3) is 11.1 Å². The van der Waals surface area contributed by atoms with Crippen molar-refractivity contribution in [2.75, 3.05) is 13.7 Å². The van der Waals surface area contributed by atoms with Crippen LogP contribution in [0.5, 0.6) is 0 Å². The third kappa shape index (κ3) is 2.72. The van der Waals surface area contributed by atoms with Crippen LogP contribution in [0.2, 0.25) is 0 Å². The Bertz CT molecular complexity index is 1060. The van der Waals surface area contributed by atoms with Gasteiger partial charge in [0.25, 0.3) is 5.69 Å². The largest absolute Gasteiger partial charge is 0.380 e. The first kappa shape index (κ1) is 18.1. The zero-order valence-electron chi connectivity index (χ0n) is 15.5. The van der Waals surface area contributed by atoms with Gasteiger partial charge in [-0.05, 0) is 39.5 Å². The van der Waals surface area contributed by atoms with E-state index in [2.05, 4.69) is 0 Å². The topological polar surface area (TPSA) is 78.4 Å². The molecule has 0 heterocycles. The summed E-state index contributed by atoms with van der Waals surface area (Å²) in [6.07, 6.45) is 0. The van der Waals surface area contributed by atoms with Crippen molar-refractivity contribution in [1.29, 1.82) is 0 Å². The number of non-ortho nitro benzene ring substituents is 1. The van der Waals surface area contributed by atoms with Crippen molar-refractivity contribution in [3.63, 3.8) is 0 Å². The zero-order chi connectivity index (χ0) is 19.7. The lowest BCUT2D eigenvalue weighted by atomic mass is 9.78. The Balaban J connectivity index is 2.08. The normalized spacial score (nSPS) is 18.2. The first-order chi connectivity index (χ1) is 13.6. The van der Waals surface area contributed by atoms with E-state index in [1.54, 1.807) is 19.2 Å². The van der Waals surface area contributed by atoms with Gasteiger partial charge in [-0.15, -0.1) is 0 Å². The molecule has 0 unspecified atom stereocenters. The van der Waals surface area contributed by atoms with Gasteiger partial charge in [0.1, 0.15) is 0 Å². The number of nitrogens with zero attached hydrogens (tertiary/aromatic N) is 1. The molecule has 1 atom stereocenters. The maximum atomic E-state index is 11.4. The number of fused-ring (bicyclic) bond motifs is 1. The van der Waals surface area contributed by atoms with E-state index in [9.17, 15) is 10.1 Å². The summed E-state index contributed by atoms with van der Waals surface area (Å²) in [4.78, 5) is 11.0. The van der Waals surface area contributed by atoms with Gasteiger partial charge in [0.05, 0.1) is 17.1 Å². The maximum Gasteiger partial charge on any atom is 0.270 e. The van der Waals surface area contributed by atoms with Gasteiger partial charge in [0, 0.05) is 19.2 Å². The van der Waals surface area contributed by atoms with Gasteiger partial charge < -0.3 is 10.5 Å². The smallest absolute Gasteiger partial charge is 0.270 e. The molecule has 0 radical (unpaired) electrons.